The molecule has 1 saturated carbocycles. The van der Waals surface area contributed by atoms with Crippen LogP contribution in [0.1, 0.15) is 32.3 Å². The van der Waals surface area contributed by atoms with Crippen molar-refractivity contribution in [1.82, 2.24) is 4.31 Å². The fourth-order valence-electron chi connectivity index (χ4n) is 3.47. The van der Waals surface area contributed by atoms with Gasteiger partial charge in [0, 0.05) is 38.8 Å². The van der Waals surface area contributed by atoms with E-state index in [9.17, 15) is 18.0 Å². The van der Waals surface area contributed by atoms with E-state index < -0.39 is 34.2 Å². The molecule has 1 heterocycles. The van der Waals surface area contributed by atoms with E-state index in [0.29, 0.717) is 12.8 Å². The molecular weight excluding hydrogens is 346 g/mol. The van der Waals surface area contributed by atoms with Crippen molar-refractivity contribution in [3.63, 3.8) is 0 Å². The van der Waals surface area contributed by atoms with Crippen molar-refractivity contribution < 1.29 is 27.5 Å². The third kappa shape index (κ3) is 3.55. The second-order valence-electron chi connectivity index (χ2n) is 6.55. The van der Waals surface area contributed by atoms with Crippen LogP contribution >= 0.6 is 0 Å². The molecule has 8 heteroatoms. The standard InChI is InChI=1S/C17H21NO6S/c1-10-4-6-13(7-5-10)25(21,22)18-14-8-16(23-11(2)19)17(9-15(14)18)24-12(3)20/h4-7,14-17H,8-9H2,1-3H3/t14-,15+,16+,17-,18?. The van der Waals surface area contributed by atoms with E-state index in [1.54, 1.807) is 24.3 Å². The van der Waals surface area contributed by atoms with Crippen LogP contribution < -0.4 is 0 Å². The number of fused-ring (bicyclic) bond motifs is 1. The van der Waals surface area contributed by atoms with Gasteiger partial charge < -0.3 is 9.47 Å². The number of sulfonamides is 1. The Bertz CT molecular complexity index is 758. The molecule has 0 radical (unpaired) electrons. The Balaban J connectivity index is 1.80. The normalized spacial score (nSPS) is 30.9. The summed E-state index contributed by atoms with van der Waals surface area (Å²) in [5.74, 6) is -0.955. The van der Waals surface area contributed by atoms with Gasteiger partial charge in [-0.3, -0.25) is 9.59 Å². The first-order valence-corrected chi connectivity index (χ1v) is 9.59. The first-order valence-electron chi connectivity index (χ1n) is 8.15. The number of ether oxygens (including phenoxy) is 2. The summed E-state index contributed by atoms with van der Waals surface area (Å²) in [6, 6.07) is 6.21. The van der Waals surface area contributed by atoms with Crippen LogP contribution in [0.5, 0.6) is 0 Å². The van der Waals surface area contributed by atoms with Crippen molar-refractivity contribution in [1.29, 1.82) is 0 Å². The Labute approximate surface area is 147 Å². The predicted octanol–water partition coefficient (Wildman–Crippen LogP) is 1.39. The van der Waals surface area contributed by atoms with Crippen LogP contribution in [-0.4, -0.2) is 49.0 Å². The Kier molecular flexibility index (Phi) is 4.59. The Morgan fingerprint density at radius 2 is 1.40 bits per heavy atom. The molecule has 1 unspecified atom stereocenters. The summed E-state index contributed by atoms with van der Waals surface area (Å²) in [5, 5.41) is 0. The monoisotopic (exact) mass is 367 g/mol. The maximum absolute atomic E-state index is 12.8. The molecule has 0 aromatic heterocycles. The zero-order chi connectivity index (χ0) is 18.4. The third-order valence-electron chi connectivity index (χ3n) is 4.60. The average molecular weight is 367 g/mol. The Morgan fingerprint density at radius 1 is 0.960 bits per heavy atom. The molecular formula is C17H21NO6S. The molecule has 5 atom stereocenters. The highest BCUT2D eigenvalue weighted by atomic mass is 32.2. The lowest BCUT2D eigenvalue weighted by atomic mass is 9.94. The third-order valence-corrected chi connectivity index (χ3v) is 6.57. The lowest BCUT2D eigenvalue weighted by Gasteiger charge is -2.28. The van der Waals surface area contributed by atoms with Crippen LogP contribution in [-0.2, 0) is 29.1 Å². The number of carbonyl (C=O) groups excluding carboxylic acids is 2. The van der Waals surface area contributed by atoms with Crippen LogP contribution in [0.15, 0.2) is 29.2 Å². The lowest BCUT2D eigenvalue weighted by Crippen LogP contribution is -2.39. The number of benzene rings is 1. The van der Waals surface area contributed by atoms with E-state index >= 15 is 0 Å². The fraction of sp³-hybridized carbons (Fsp3) is 0.529. The van der Waals surface area contributed by atoms with E-state index in [0.717, 1.165) is 5.56 Å². The number of aryl methyl sites for hydroxylation is 1. The molecule has 1 aromatic carbocycles. The number of rotatable bonds is 4. The molecule has 1 saturated heterocycles. The van der Waals surface area contributed by atoms with Gasteiger partial charge in [0.15, 0.2) is 0 Å². The van der Waals surface area contributed by atoms with Crippen LogP contribution in [0.2, 0.25) is 0 Å². The molecule has 0 spiro atoms. The number of hydrogen-bond acceptors (Lipinski definition) is 6. The molecule has 0 bridgehead atoms. The first-order chi connectivity index (χ1) is 11.7. The van der Waals surface area contributed by atoms with E-state index in [2.05, 4.69) is 0 Å². The van der Waals surface area contributed by atoms with Crippen LogP contribution in [0.25, 0.3) is 0 Å². The van der Waals surface area contributed by atoms with Gasteiger partial charge in [0.1, 0.15) is 12.2 Å². The largest absolute Gasteiger partial charge is 0.459 e. The maximum Gasteiger partial charge on any atom is 0.303 e. The molecule has 3 rings (SSSR count). The molecule has 2 aliphatic rings. The molecule has 0 N–H and O–H groups in total. The van der Waals surface area contributed by atoms with E-state index in [-0.39, 0.29) is 17.0 Å². The number of carbonyl (C=O) groups is 2. The van der Waals surface area contributed by atoms with Gasteiger partial charge in [-0.25, -0.2) is 8.42 Å². The maximum atomic E-state index is 12.8. The second-order valence-corrected chi connectivity index (χ2v) is 8.39. The predicted molar refractivity (Wildman–Crippen MR) is 88.1 cm³/mol. The van der Waals surface area contributed by atoms with E-state index in [4.69, 9.17) is 9.47 Å². The summed E-state index contributed by atoms with van der Waals surface area (Å²) in [4.78, 5) is 22.8. The fourth-order valence-corrected chi connectivity index (χ4v) is 5.31. The van der Waals surface area contributed by atoms with Gasteiger partial charge >= 0.3 is 11.9 Å². The number of nitrogens with zero attached hydrogens (tertiary/aromatic N) is 1. The van der Waals surface area contributed by atoms with Gasteiger partial charge in [-0.2, -0.15) is 4.31 Å². The number of esters is 2. The second kappa shape index (κ2) is 6.42. The van der Waals surface area contributed by atoms with Gasteiger partial charge in [0.05, 0.1) is 4.90 Å². The average Bonchev–Trinajstić information content (AvgIpc) is 3.20. The SMILES string of the molecule is CC(=O)O[C@H]1C[C@@H]2[C@H](C[C@H]1OC(C)=O)N2S(=O)(=O)c1ccc(C)cc1. The van der Waals surface area contributed by atoms with Gasteiger partial charge in [-0.05, 0) is 19.1 Å². The van der Waals surface area contributed by atoms with Gasteiger partial charge in [0.25, 0.3) is 0 Å². The summed E-state index contributed by atoms with van der Waals surface area (Å²) >= 11 is 0. The molecule has 1 aromatic rings. The molecule has 1 aliphatic carbocycles. The minimum Gasteiger partial charge on any atom is -0.459 e. The van der Waals surface area contributed by atoms with E-state index in [1.165, 1.54) is 18.2 Å². The Hall–Kier alpha value is -1.93. The smallest absolute Gasteiger partial charge is 0.303 e. The molecule has 25 heavy (non-hydrogen) atoms. The van der Waals surface area contributed by atoms with Gasteiger partial charge in [-0.15, -0.1) is 0 Å². The zero-order valence-electron chi connectivity index (χ0n) is 14.3. The number of hydrogen-bond donors (Lipinski definition) is 0. The Morgan fingerprint density at radius 3 is 1.80 bits per heavy atom. The summed E-state index contributed by atoms with van der Waals surface area (Å²) in [6.07, 6.45) is -0.595. The molecule has 1 aliphatic heterocycles. The van der Waals surface area contributed by atoms with Crippen molar-refractivity contribution >= 4 is 22.0 Å². The van der Waals surface area contributed by atoms with Crippen molar-refractivity contribution in [2.75, 3.05) is 0 Å². The molecule has 2 fully saturated rings. The van der Waals surface area contributed by atoms with Crippen molar-refractivity contribution in [3.8, 4) is 0 Å². The summed E-state index contributed by atoms with van der Waals surface area (Å²) < 4.78 is 37.6. The van der Waals surface area contributed by atoms with Crippen LogP contribution in [0.4, 0.5) is 0 Å². The molecule has 7 nitrogen and oxygen atoms in total. The minimum absolute atomic E-state index is 0.234. The summed E-state index contributed by atoms with van der Waals surface area (Å²) in [6.45, 7) is 4.45. The van der Waals surface area contributed by atoms with E-state index in [1.807, 2.05) is 6.92 Å². The molecule has 136 valence electrons. The quantitative estimate of drug-likeness (QED) is 0.590. The summed E-state index contributed by atoms with van der Waals surface area (Å²) in [7, 11) is -3.62. The van der Waals surface area contributed by atoms with Crippen LogP contribution in [0, 0.1) is 6.92 Å². The summed E-state index contributed by atoms with van der Waals surface area (Å²) in [5.41, 5.74) is 0.979. The van der Waals surface area contributed by atoms with Crippen molar-refractivity contribution in [2.45, 2.75) is 62.8 Å². The highest BCUT2D eigenvalue weighted by molar-refractivity contribution is 7.89. The zero-order valence-corrected chi connectivity index (χ0v) is 15.2. The first kappa shape index (κ1) is 17.9. The van der Waals surface area contributed by atoms with Gasteiger partial charge in [0.2, 0.25) is 10.0 Å². The molecule has 0 amide bonds. The van der Waals surface area contributed by atoms with Gasteiger partial charge in [-0.1, -0.05) is 17.7 Å². The minimum atomic E-state index is -3.62. The highest BCUT2D eigenvalue weighted by Gasteiger charge is 2.61. The van der Waals surface area contributed by atoms with Crippen molar-refractivity contribution in [3.05, 3.63) is 29.8 Å². The lowest BCUT2D eigenvalue weighted by molar-refractivity contribution is -0.167. The van der Waals surface area contributed by atoms with Crippen molar-refractivity contribution in [2.24, 2.45) is 0 Å². The highest BCUT2D eigenvalue weighted by Crippen LogP contribution is 2.46. The van der Waals surface area contributed by atoms with Crippen LogP contribution in [0.3, 0.4) is 0 Å². The topological polar surface area (TPSA) is 89.8 Å².